The number of carbonyl (C=O) groups is 2. The van der Waals surface area contributed by atoms with Crippen LogP contribution in [-0.2, 0) is 16.1 Å². The fraction of sp³-hybridized carbons (Fsp3) is 0.706. The normalized spacial score (nSPS) is 16.0. The Morgan fingerprint density at radius 1 is 1.39 bits per heavy atom. The van der Waals surface area contributed by atoms with E-state index in [1.165, 1.54) is 0 Å². The van der Waals surface area contributed by atoms with E-state index >= 15 is 0 Å². The van der Waals surface area contributed by atoms with Crippen LogP contribution in [0.25, 0.3) is 0 Å². The number of hydrogen-bond acceptors (Lipinski definition) is 3. The van der Waals surface area contributed by atoms with Gasteiger partial charge in [-0.05, 0) is 40.5 Å². The first kappa shape index (κ1) is 17.5. The van der Waals surface area contributed by atoms with E-state index < -0.39 is 0 Å². The first-order valence-corrected chi connectivity index (χ1v) is 8.55. The van der Waals surface area contributed by atoms with Gasteiger partial charge >= 0.3 is 0 Å². The van der Waals surface area contributed by atoms with Crippen molar-refractivity contribution in [2.75, 3.05) is 13.1 Å². The maximum atomic E-state index is 12.1. The molecule has 0 saturated carbocycles. The van der Waals surface area contributed by atoms with Crippen LogP contribution in [0.4, 0.5) is 0 Å². The molecule has 0 aromatic carbocycles. The average Bonchev–Trinajstić information content (AvgIpc) is 3.02. The van der Waals surface area contributed by atoms with Gasteiger partial charge < -0.3 is 10.2 Å². The molecule has 1 aliphatic rings. The Hall–Kier alpha value is -1.85. The van der Waals surface area contributed by atoms with Crippen LogP contribution in [0.2, 0.25) is 0 Å². The lowest BCUT2D eigenvalue weighted by Gasteiger charge is -2.17. The van der Waals surface area contributed by atoms with Crippen molar-refractivity contribution >= 4 is 11.8 Å². The summed E-state index contributed by atoms with van der Waals surface area (Å²) in [6.45, 7) is 10.4. The van der Waals surface area contributed by atoms with Crippen molar-refractivity contribution < 1.29 is 9.59 Å². The summed E-state index contributed by atoms with van der Waals surface area (Å²) in [7, 11) is 0. The van der Waals surface area contributed by atoms with Gasteiger partial charge in [-0.1, -0.05) is 0 Å². The van der Waals surface area contributed by atoms with Gasteiger partial charge in [0.05, 0.1) is 11.7 Å². The Morgan fingerprint density at radius 3 is 2.70 bits per heavy atom. The van der Waals surface area contributed by atoms with E-state index in [1.54, 1.807) is 0 Å². The van der Waals surface area contributed by atoms with Gasteiger partial charge in [0.1, 0.15) is 0 Å². The minimum Gasteiger partial charge on any atom is -0.349 e. The molecule has 128 valence electrons. The molecule has 23 heavy (non-hydrogen) atoms. The van der Waals surface area contributed by atoms with Crippen LogP contribution in [0, 0.1) is 13.8 Å². The Morgan fingerprint density at radius 2 is 2.13 bits per heavy atom. The number of nitrogens with one attached hydrogen (secondary N) is 1. The third-order valence-electron chi connectivity index (χ3n) is 4.55. The molecule has 1 unspecified atom stereocenters. The molecule has 0 aliphatic carbocycles. The largest absolute Gasteiger partial charge is 0.349 e. The Kier molecular flexibility index (Phi) is 5.80. The van der Waals surface area contributed by atoms with E-state index in [0.29, 0.717) is 19.4 Å². The molecule has 1 saturated heterocycles. The third-order valence-corrected chi connectivity index (χ3v) is 4.55. The van der Waals surface area contributed by atoms with Crippen molar-refractivity contribution in [3.8, 4) is 0 Å². The summed E-state index contributed by atoms with van der Waals surface area (Å²) in [5, 5.41) is 7.56. The highest BCUT2D eigenvalue weighted by atomic mass is 16.2. The molecule has 0 bridgehead atoms. The van der Waals surface area contributed by atoms with Gasteiger partial charge in [-0.25, -0.2) is 0 Å². The standard InChI is InChI=1S/C17H28N4O2/c1-5-21-14(4)17(13(3)19-21)12(2)18-15(22)8-6-10-20-11-7-9-16(20)23/h12H,5-11H2,1-4H3,(H,18,22). The Balaban J connectivity index is 1.83. The van der Waals surface area contributed by atoms with Crippen LogP contribution in [0.5, 0.6) is 0 Å². The maximum Gasteiger partial charge on any atom is 0.222 e. The van der Waals surface area contributed by atoms with E-state index in [2.05, 4.69) is 17.3 Å². The number of nitrogens with zero attached hydrogens (tertiary/aromatic N) is 3. The average molecular weight is 320 g/mol. The minimum atomic E-state index is -0.0452. The second-order valence-electron chi connectivity index (χ2n) is 6.28. The number of likely N-dealkylation sites (tertiary alicyclic amines) is 1. The fourth-order valence-electron chi connectivity index (χ4n) is 3.40. The van der Waals surface area contributed by atoms with Crippen LogP contribution < -0.4 is 5.32 Å². The summed E-state index contributed by atoms with van der Waals surface area (Å²) in [5.74, 6) is 0.254. The Bertz CT molecular complexity index is 579. The molecule has 0 radical (unpaired) electrons. The van der Waals surface area contributed by atoms with E-state index in [9.17, 15) is 9.59 Å². The second-order valence-corrected chi connectivity index (χ2v) is 6.28. The van der Waals surface area contributed by atoms with Gasteiger partial charge in [-0.15, -0.1) is 0 Å². The van der Waals surface area contributed by atoms with Gasteiger partial charge in [-0.3, -0.25) is 14.3 Å². The lowest BCUT2D eigenvalue weighted by molar-refractivity contribution is -0.128. The number of aryl methyl sites for hydroxylation is 2. The lowest BCUT2D eigenvalue weighted by atomic mass is 10.1. The van der Waals surface area contributed by atoms with E-state index in [-0.39, 0.29) is 17.9 Å². The molecule has 1 N–H and O–H groups in total. The molecule has 1 aromatic heterocycles. The minimum absolute atomic E-state index is 0.0344. The summed E-state index contributed by atoms with van der Waals surface area (Å²) in [4.78, 5) is 25.5. The number of rotatable bonds is 7. The smallest absolute Gasteiger partial charge is 0.222 e. The fourth-order valence-corrected chi connectivity index (χ4v) is 3.40. The number of carbonyl (C=O) groups excluding carboxylic acids is 2. The molecular weight excluding hydrogens is 292 g/mol. The summed E-state index contributed by atoms with van der Waals surface area (Å²) >= 11 is 0. The van der Waals surface area contributed by atoms with Gasteiger partial charge in [0.15, 0.2) is 0 Å². The highest BCUT2D eigenvalue weighted by molar-refractivity contribution is 5.78. The van der Waals surface area contributed by atoms with Gasteiger partial charge in [0.25, 0.3) is 0 Å². The zero-order valence-corrected chi connectivity index (χ0v) is 14.7. The van der Waals surface area contributed by atoms with Crippen LogP contribution >= 0.6 is 0 Å². The molecule has 2 amide bonds. The van der Waals surface area contributed by atoms with Crippen molar-refractivity contribution in [1.29, 1.82) is 0 Å². The first-order valence-electron chi connectivity index (χ1n) is 8.55. The highest BCUT2D eigenvalue weighted by Gasteiger charge is 2.21. The van der Waals surface area contributed by atoms with Crippen molar-refractivity contribution in [3.05, 3.63) is 17.0 Å². The van der Waals surface area contributed by atoms with Crippen LogP contribution in [0.15, 0.2) is 0 Å². The second kappa shape index (κ2) is 7.62. The zero-order chi connectivity index (χ0) is 17.0. The monoisotopic (exact) mass is 320 g/mol. The van der Waals surface area contributed by atoms with E-state index in [1.807, 2.05) is 30.4 Å². The summed E-state index contributed by atoms with van der Waals surface area (Å²) in [6.07, 6.45) is 2.77. The van der Waals surface area contributed by atoms with Gasteiger partial charge in [-0.2, -0.15) is 5.10 Å². The van der Waals surface area contributed by atoms with Gasteiger partial charge in [0, 0.05) is 43.7 Å². The molecular formula is C17H28N4O2. The van der Waals surface area contributed by atoms with E-state index in [4.69, 9.17) is 0 Å². The summed E-state index contributed by atoms with van der Waals surface area (Å²) in [6, 6.07) is -0.0452. The summed E-state index contributed by atoms with van der Waals surface area (Å²) < 4.78 is 1.96. The Labute approximate surface area is 138 Å². The molecule has 1 fully saturated rings. The summed E-state index contributed by atoms with van der Waals surface area (Å²) in [5.41, 5.74) is 3.19. The third kappa shape index (κ3) is 4.12. The number of hydrogen-bond donors (Lipinski definition) is 1. The zero-order valence-electron chi connectivity index (χ0n) is 14.7. The molecule has 0 spiro atoms. The molecule has 6 nitrogen and oxygen atoms in total. The predicted molar refractivity (Wildman–Crippen MR) is 89.0 cm³/mol. The molecule has 2 heterocycles. The molecule has 2 rings (SSSR count). The predicted octanol–water partition coefficient (Wildman–Crippen LogP) is 2.10. The topological polar surface area (TPSA) is 67.2 Å². The molecule has 6 heteroatoms. The molecule has 1 aromatic rings. The van der Waals surface area contributed by atoms with Gasteiger partial charge in [0.2, 0.25) is 11.8 Å². The van der Waals surface area contributed by atoms with Crippen molar-refractivity contribution in [3.63, 3.8) is 0 Å². The van der Waals surface area contributed by atoms with Crippen molar-refractivity contribution in [2.24, 2.45) is 0 Å². The number of amides is 2. The van der Waals surface area contributed by atoms with Crippen LogP contribution in [-0.4, -0.2) is 39.6 Å². The molecule has 1 aliphatic heterocycles. The van der Waals surface area contributed by atoms with E-state index in [0.717, 1.165) is 42.9 Å². The quantitative estimate of drug-likeness (QED) is 0.836. The lowest BCUT2D eigenvalue weighted by Crippen LogP contribution is -2.30. The van der Waals surface area contributed by atoms with Crippen molar-refractivity contribution in [1.82, 2.24) is 20.0 Å². The number of aromatic nitrogens is 2. The first-order chi connectivity index (χ1) is 10.9. The van der Waals surface area contributed by atoms with Crippen LogP contribution in [0.3, 0.4) is 0 Å². The van der Waals surface area contributed by atoms with Crippen LogP contribution in [0.1, 0.15) is 62.5 Å². The maximum absolute atomic E-state index is 12.1. The SMILES string of the molecule is CCn1nc(C)c(C(C)NC(=O)CCCN2CCCC2=O)c1C. The highest BCUT2D eigenvalue weighted by Crippen LogP contribution is 2.21. The molecule has 1 atom stereocenters. The van der Waals surface area contributed by atoms with Crippen molar-refractivity contribution in [2.45, 2.75) is 66.0 Å².